The van der Waals surface area contributed by atoms with E-state index in [9.17, 15) is 9.59 Å². The average molecular weight is 376 g/mol. The van der Waals surface area contributed by atoms with Crippen molar-refractivity contribution in [1.82, 2.24) is 0 Å². The third kappa shape index (κ3) is 4.80. The van der Waals surface area contributed by atoms with Gasteiger partial charge in [0, 0.05) is 12.5 Å². The van der Waals surface area contributed by atoms with E-state index in [1.165, 1.54) is 6.26 Å². The Morgan fingerprint density at radius 1 is 1.26 bits per heavy atom. The van der Waals surface area contributed by atoms with E-state index in [0.29, 0.717) is 37.4 Å². The SMILES string of the molecule is CCOC(=O)COC1CCC2C(=O)C(Oc3cccc(OC)c3)=COC2C1. The number of rotatable bonds is 7. The predicted octanol–water partition coefficient (Wildman–Crippen LogP) is 2.63. The van der Waals surface area contributed by atoms with Crippen LogP contribution in [0.4, 0.5) is 0 Å². The van der Waals surface area contributed by atoms with Gasteiger partial charge < -0.3 is 23.7 Å². The molecule has 3 rings (SSSR count). The zero-order valence-electron chi connectivity index (χ0n) is 15.5. The number of ether oxygens (including phenoxy) is 5. The molecule has 1 heterocycles. The second-order valence-electron chi connectivity index (χ2n) is 6.46. The quantitative estimate of drug-likeness (QED) is 0.677. The van der Waals surface area contributed by atoms with Gasteiger partial charge in [-0.2, -0.15) is 0 Å². The number of carbonyl (C=O) groups is 2. The molecule has 0 N–H and O–H groups in total. The summed E-state index contributed by atoms with van der Waals surface area (Å²) in [6.07, 6.45) is 2.83. The van der Waals surface area contributed by atoms with Gasteiger partial charge in [0.05, 0.1) is 25.7 Å². The highest BCUT2D eigenvalue weighted by molar-refractivity contribution is 5.96. The van der Waals surface area contributed by atoms with Crippen LogP contribution in [0, 0.1) is 5.92 Å². The Morgan fingerprint density at radius 3 is 2.85 bits per heavy atom. The Hall–Kier alpha value is -2.54. The second kappa shape index (κ2) is 8.90. The maximum atomic E-state index is 12.8. The Balaban J connectivity index is 1.57. The molecule has 0 bridgehead atoms. The number of allylic oxidation sites excluding steroid dienone is 1. The van der Waals surface area contributed by atoms with Crippen molar-refractivity contribution >= 4 is 11.8 Å². The Kier molecular flexibility index (Phi) is 6.34. The molecule has 3 atom stereocenters. The van der Waals surface area contributed by atoms with Gasteiger partial charge in [-0.25, -0.2) is 4.79 Å². The molecule has 7 nitrogen and oxygen atoms in total. The predicted molar refractivity (Wildman–Crippen MR) is 95.3 cm³/mol. The van der Waals surface area contributed by atoms with Crippen LogP contribution in [0.25, 0.3) is 0 Å². The smallest absolute Gasteiger partial charge is 0.332 e. The minimum atomic E-state index is -0.380. The lowest BCUT2D eigenvalue weighted by Crippen LogP contribution is -2.42. The summed E-state index contributed by atoms with van der Waals surface area (Å²) in [6.45, 7) is 2.00. The minimum Gasteiger partial charge on any atom is -0.497 e. The van der Waals surface area contributed by atoms with E-state index in [2.05, 4.69) is 0 Å². The first-order valence-corrected chi connectivity index (χ1v) is 9.09. The van der Waals surface area contributed by atoms with Crippen LogP contribution in [-0.4, -0.2) is 44.3 Å². The normalized spacial score (nSPS) is 24.3. The van der Waals surface area contributed by atoms with E-state index >= 15 is 0 Å². The third-order valence-corrected chi connectivity index (χ3v) is 4.68. The zero-order chi connectivity index (χ0) is 19.2. The molecule has 7 heteroatoms. The molecule has 1 aromatic rings. The highest BCUT2D eigenvalue weighted by Gasteiger charge is 2.41. The fourth-order valence-electron chi connectivity index (χ4n) is 3.34. The van der Waals surface area contributed by atoms with E-state index in [1.807, 2.05) is 0 Å². The number of methoxy groups -OCH3 is 1. The van der Waals surface area contributed by atoms with Crippen molar-refractivity contribution in [1.29, 1.82) is 0 Å². The number of ketones is 1. The minimum absolute atomic E-state index is 0.0714. The van der Waals surface area contributed by atoms with Gasteiger partial charge in [-0.05, 0) is 31.9 Å². The first-order chi connectivity index (χ1) is 13.1. The molecule has 1 aliphatic heterocycles. The summed E-state index contributed by atoms with van der Waals surface area (Å²) in [4.78, 5) is 24.2. The topological polar surface area (TPSA) is 80.3 Å². The lowest BCUT2D eigenvalue weighted by molar-refractivity contribution is -0.154. The molecule has 0 saturated heterocycles. The molecule has 3 unspecified atom stereocenters. The summed E-state index contributed by atoms with van der Waals surface area (Å²) in [6, 6.07) is 7.05. The van der Waals surface area contributed by atoms with Crippen LogP contribution in [0.3, 0.4) is 0 Å². The van der Waals surface area contributed by atoms with Crippen LogP contribution in [0.15, 0.2) is 36.3 Å². The number of hydrogen-bond acceptors (Lipinski definition) is 7. The molecule has 1 aromatic carbocycles. The highest BCUT2D eigenvalue weighted by Crippen LogP contribution is 2.35. The van der Waals surface area contributed by atoms with Crippen molar-refractivity contribution in [3.05, 3.63) is 36.3 Å². The van der Waals surface area contributed by atoms with Crippen LogP contribution >= 0.6 is 0 Å². The second-order valence-corrected chi connectivity index (χ2v) is 6.46. The molecule has 0 radical (unpaired) electrons. The first kappa shape index (κ1) is 19.2. The van der Waals surface area contributed by atoms with E-state index in [0.717, 1.165) is 0 Å². The van der Waals surface area contributed by atoms with E-state index in [4.69, 9.17) is 23.7 Å². The summed E-state index contributed by atoms with van der Waals surface area (Å²) in [7, 11) is 1.57. The average Bonchev–Trinajstić information content (AvgIpc) is 2.69. The molecular formula is C20H24O7. The number of hydrogen-bond donors (Lipinski definition) is 0. The van der Waals surface area contributed by atoms with Crippen LogP contribution < -0.4 is 9.47 Å². The molecule has 0 amide bonds. The highest BCUT2D eigenvalue weighted by atomic mass is 16.6. The molecule has 1 aliphatic carbocycles. The Bertz CT molecular complexity index is 712. The van der Waals surface area contributed by atoms with Gasteiger partial charge in [-0.15, -0.1) is 0 Å². The summed E-state index contributed by atoms with van der Waals surface area (Å²) in [5.41, 5.74) is 0. The van der Waals surface area contributed by atoms with Gasteiger partial charge in [0.25, 0.3) is 0 Å². The number of esters is 1. The van der Waals surface area contributed by atoms with Crippen LogP contribution in [0.5, 0.6) is 11.5 Å². The molecule has 1 saturated carbocycles. The van der Waals surface area contributed by atoms with Crippen molar-refractivity contribution in [3.8, 4) is 11.5 Å². The van der Waals surface area contributed by atoms with Crippen molar-refractivity contribution in [3.63, 3.8) is 0 Å². The number of Topliss-reactive ketones (excluding diaryl/α,β-unsaturated/α-hetero) is 1. The number of carbonyl (C=O) groups excluding carboxylic acids is 2. The van der Waals surface area contributed by atoms with Crippen LogP contribution in [0.2, 0.25) is 0 Å². The van der Waals surface area contributed by atoms with Gasteiger partial charge in [0.2, 0.25) is 11.5 Å². The van der Waals surface area contributed by atoms with Crippen molar-refractivity contribution in [2.24, 2.45) is 5.92 Å². The summed E-state index contributed by atoms with van der Waals surface area (Å²) in [5, 5.41) is 0. The lowest BCUT2D eigenvalue weighted by atomic mass is 9.80. The fourth-order valence-corrected chi connectivity index (χ4v) is 3.34. The Morgan fingerprint density at radius 2 is 2.07 bits per heavy atom. The molecule has 146 valence electrons. The molecule has 2 aliphatic rings. The molecule has 0 aromatic heterocycles. The monoisotopic (exact) mass is 376 g/mol. The maximum Gasteiger partial charge on any atom is 0.332 e. The molecule has 27 heavy (non-hydrogen) atoms. The lowest BCUT2D eigenvalue weighted by Gasteiger charge is -2.36. The van der Waals surface area contributed by atoms with Crippen molar-refractivity contribution in [2.45, 2.75) is 38.4 Å². The van der Waals surface area contributed by atoms with Gasteiger partial charge in [0.15, 0.2) is 0 Å². The first-order valence-electron chi connectivity index (χ1n) is 9.09. The molecular weight excluding hydrogens is 352 g/mol. The van der Waals surface area contributed by atoms with Crippen molar-refractivity contribution in [2.75, 3.05) is 20.3 Å². The van der Waals surface area contributed by atoms with E-state index in [-0.39, 0.29) is 42.2 Å². The number of fused-ring (bicyclic) bond motifs is 1. The Labute approximate surface area is 158 Å². The zero-order valence-corrected chi connectivity index (χ0v) is 15.5. The number of benzene rings is 1. The van der Waals surface area contributed by atoms with E-state index < -0.39 is 0 Å². The summed E-state index contributed by atoms with van der Waals surface area (Å²) in [5.74, 6) is 0.636. The van der Waals surface area contributed by atoms with Crippen LogP contribution in [0.1, 0.15) is 26.2 Å². The summed E-state index contributed by atoms with van der Waals surface area (Å²) >= 11 is 0. The fraction of sp³-hybridized carbons (Fsp3) is 0.500. The van der Waals surface area contributed by atoms with Gasteiger partial charge in [-0.1, -0.05) is 6.07 Å². The van der Waals surface area contributed by atoms with Gasteiger partial charge >= 0.3 is 5.97 Å². The van der Waals surface area contributed by atoms with Crippen molar-refractivity contribution < 1.29 is 33.3 Å². The van der Waals surface area contributed by atoms with Crippen LogP contribution in [-0.2, 0) is 23.8 Å². The van der Waals surface area contributed by atoms with Gasteiger partial charge in [-0.3, -0.25) is 4.79 Å². The third-order valence-electron chi connectivity index (χ3n) is 4.68. The maximum absolute atomic E-state index is 12.8. The standard InChI is InChI=1S/C20H24O7/c1-3-24-19(21)12-25-14-7-8-16-17(10-14)26-11-18(20(16)22)27-15-6-4-5-13(9-15)23-2/h4-6,9,11,14,16-17H,3,7-8,10,12H2,1-2H3. The summed E-state index contributed by atoms with van der Waals surface area (Å²) < 4.78 is 27.1. The van der Waals surface area contributed by atoms with E-state index in [1.54, 1.807) is 38.3 Å². The molecule has 0 spiro atoms. The largest absolute Gasteiger partial charge is 0.497 e. The molecule has 1 fully saturated rings. The van der Waals surface area contributed by atoms with Gasteiger partial charge in [0.1, 0.15) is 30.5 Å².